The summed E-state index contributed by atoms with van der Waals surface area (Å²) in [7, 11) is 3.77. The third kappa shape index (κ3) is 4.72. The average molecular weight is 287 g/mol. The van der Waals surface area contributed by atoms with Gasteiger partial charge in [0.05, 0.1) is 25.3 Å². The van der Waals surface area contributed by atoms with Crippen LogP contribution in [0.3, 0.4) is 0 Å². The number of pyridine rings is 1. The van der Waals surface area contributed by atoms with Gasteiger partial charge >= 0.3 is 0 Å². The first kappa shape index (κ1) is 15.3. The monoisotopic (exact) mass is 287 g/mol. The van der Waals surface area contributed by atoms with Gasteiger partial charge in [-0.15, -0.1) is 0 Å². The van der Waals surface area contributed by atoms with Crippen molar-refractivity contribution >= 4 is 5.91 Å². The lowest BCUT2D eigenvalue weighted by Crippen LogP contribution is -2.37. The van der Waals surface area contributed by atoms with E-state index < -0.39 is 0 Å². The molecule has 0 N–H and O–H groups in total. The highest BCUT2D eigenvalue weighted by atomic mass is 16.3. The van der Waals surface area contributed by atoms with Crippen molar-refractivity contribution < 1.29 is 9.21 Å². The zero-order valence-electron chi connectivity index (χ0n) is 12.7. The van der Waals surface area contributed by atoms with E-state index in [-0.39, 0.29) is 5.91 Å². The fourth-order valence-electron chi connectivity index (χ4n) is 2.05. The molecule has 0 radical (unpaired) electrons. The van der Waals surface area contributed by atoms with E-state index in [1.165, 1.54) is 0 Å². The van der Waals surface area contributed by atoms with Crippen molar-refractivity contribution in [3.8, 4) is 0 Å². The average Bonchev–Trinajstić information content (AvgIpc) is 2.84. The molecule has 0 aliphatic carbocycles. The van der Waals surface area contributed by atoms with Gasteiger partial charge in [0.15, 0.2) is 0 Å². The zero-order valence-corrected chi connectivity index (χ0v) is 12.7. The number of nitrogens with zero attached hydrogens (tertiary/aromatic N) is 3. The first-order valence-electron chi connectivity index (χ1n) is 6.92. The second-order valence-corrected chi connectivity index (χ2v) is 5.32. The summed E-state index contributed by atoms with van der Waals surface area (Å²) in [4.78, 5) is 20.3. The number of carbonyl (C=O) groups is 1. The van der Waals surface area contributed by atoms with Gasteiger partial charge in [0.2, 0.25) is 5.91 Å². The van der Waals surface area contributed by atoms with Gasteiger partial charge in [0.25, 0.3) is 0 Å². The molecular formula is C16H21N3O2. The summed E-state index contributed by atoms with van der Waals surface area (Å²) >= 11 is 0. The molecule has 1 amide bonds. The van der Waals surface area contributed by atoms with Crippen LogP contribution in [0.2, 0.25) is 0 Å². The number of furan rings is 1. The van der Waals surface area contributed by atoms with E-state index >= 15 is 0 Å². The number of aryl methyl sites for hydroxylation is 1. The number of likely N-dealkylation sites (N-methyl/N-ethyl adjacent to an activating group) is 1. The summed E-state index contributed by atoms with van der Waals surface area (Å²) in [5.41, 5.74) is 0.868. The van der Waals surface area contributed by atoms with Crippen LogP contribution in [0, 0.1) is 6.92 Å². The Morgan fingerprint density at radius 3 is 2.57 bits per heavy atom. The molecule has 5 nitrogen and oxygen atoms in total. The van der Waals surface area contributed by atoms with Crippen LogP contribution in [-0.4, -0.2) is 41.3 Å². The molecular weight excluding hydrogens is 266 g/mol. The molecule has 112 valence electrons. The van der Waals surface area contributed by atoms with E-state index in [0.29, 0.717) is 19.6 Å². The Balaban J connectivity index is 2.11. The molecule has 0 fully saturated rings. The minimum Gasteiger partial charge on any atom is -0.464 e. The number of aromatic nitrogens is 1. The Kier molecular flexibility index (Phi) is 5.11. The van der Waals surface area contributed by atoms with Gasteiger partial charge in [0.1, 0.15) is 11.5 Å². The molecule has 0 unspecified atom stereocenters. The Morgan fingerprint density at radius 2 is 2.00 bits per heavy atom. The van der Waals surface area contributed by atoms with Crippen LogP contribution < -0.4 is 0 Å². The fourth-order valence-corrected chi connectivity index (χ4v) is 2.05. The van der Waals surface area contributed by atoms with Gasteiger partial charge in [-0.05, 0) is 45.3 Å². The van der Waals surface area contributed by atoms with E-state index in [9.17, 15) is 4.79 Å². The molecule has 0 bridgehead atoms. The largest absolute Gasteiger partial charge is 0.464 e. The first-order chi connectivity index (χ1) is 10.0. The van der Waals surface area contributed by atoms with E-state index in [4.69, 9.17) is 4.42 Å². The molecule has 0 aliphatic heterocycles. The normalized spacial score (nSPS) is 10.9. The lowest BCUT2D eigenvalue weighted by atomic mass is 10.3. The van der Waals surface area contributed by atoms with Crippen molar-refractivity contribution in [2.24, 2.45) is 0 Å². The molecule has 2 rings (SSSR count). The molecule has 0 aliphatic rings. The third-order valence-corrected chi connectivity index (χ3v) is 3.03. The van der Waals surface area contributed by atoms with Gasteiger partial charge in [-0.2, -0.15) is 0 Å². The summed E-state index contributed by atoms with van der Waals surface area (Å²) < 4.78 is 5.58. The summed E-state index contributed by atoms with van der Waals surface area (Å²) in [5.74, 6) is 1.69. The van der Waals surface area contributed by atoms with Crippen molar-refractivity contribution in [3.63, 3.8) is 0 Å². The molecule has 0 saturated heterocycles. The predicted octanol–water partition coefficient (Wildman–Crippen LogP) is 2.07. The second-order valence-electron chi connectivity index (χ2n) is 5.32. The number of rotatable bonds is 6. The summed E-state index contributed by atoms with van der Waals surface area (Å²) in [6.45, 7) is 3.20. The fraction of sp³-hybridized carbons (Fsp3) is 0.375. The summed E-state index contributed by atoms with van der Waals surface area (Å²) in [6.07, 6.45) is 1.74. The predicted molar refractivity (Wildman–Crippen MR) is 80.5 cm³/mol. The van der Waals surface area contributed by atoms with Gasteiger partial charge < -0.3 is 14.2 Å². The van der Waals surface area contributed by atoms with Crippen molar-refractivity contribution in [1.82, 2.24) is 14.8 Å². The minimum absolute atomic E-state index is 0.0553. The number of hydrogen-bond acceptors (Lipinski definition) is 4. The minimum atomic E-state index is 0.0553. The Bertz CT molecular complexity index is 578. The van der Waals surface area contributed by atoms with Crippen LogP contribution in [0.1, 0.15) is 17.2 Å². The third-order valence-electron chi connectivity index (χ3n) is 3.03. The standard InChI is InChI=1S/C16H21N3O2/c1-13-7-8-15(21-13)11-19(16(20)12-18(2)3)10-14-6-4-5-9-17-14/h4-9H,10-12H2,1-3H3. The van der Waals surface area contributed by atoms with Crippen LogP contribution in [0.25, 0.3) is 0 Å². The van der Waals surface area contributed by atoms with Gasteiger partial charge in [-0.1, -0.05) is 6.07 Å². The van der Waals surface area contributed by atoms with Crippen molar-refractivity contribution in [1.29, 1.82) is 0 Å². The SMILES string of the molecule is Cc1ccc(CN(Cc2ccccn2)C(=O)CN(C)C)o1. The topological polar surface area (TPSA) is 49.6 Å². The zero-order chi connectivity index (χ0) is 15.2. The molecule has 2 aromatic heterocycles. The molecule has 2 heterocycles. The van der Waals surface area contributed by atoms with E-state index in [0.717, 1.165) is 17.2 Å². The molecule has 0 atom stereocenters. The van der Waals surface area contributed by atoms with E-state index in [2.05, 4.69) is 4.98 Å². The van der Waals surface area contributed by atoms with E-state index in [1.54, 1.807) is 11.1 Å². The summed E-state index contributed by atoms with van der Waals surface area (Å²) in [5, 5.41) is 0. The molecule has 5 heteroatoms. The maximum Gasteiger partial charge on any atom is 0.237 e. The lowest BCUT2D eigenvalue weighted by Gasteiger charge is -2.23. The summed E-state index contributed by atoms with van der Waals surface area (Å²) in [6, 6.07) is 9.52. The van der Waals surface area contributed by atoms with Crippen molar-refractivity contribution in [3.05, 3.63) is 53.7 Å². The number of amides is 1. The Hall–Kier alpha value is -2.14. The van der Waals surface area contributed by atoms with Crippen LogP contribution in [0.4, 0.5) is 0 Å². The maximum atomic E-state index is 12.4. The Morgan fingerprint density at radius 1 is 1.19 bits per heavy atom. The van der Waals surface area contributed by atoms with Gasteiger partial charge in [-0.25, -0.2) is 0 Å². The van der Waals surface area contributed by atoms with E-state index in [1.807, 2.05) is 56.3 Å². The number of carbonyl (C=O) groups excluding carboxylic acids is 1. The van der Waals surface area contributed by atoms with Crippen LogP contribution in [0.5, 0.6) is 0 Å². The van der Waals surface area contributed by atoms with Crippen molar-refractivity contribution in [2.75, 3.05) is 20.6 Å². The molecule has 0 saturated carbocycles. The van der Waals surface area contributed by atoms with Crippen LogP contribution in [-0.2, 0) is 17.9 Å². The second kappa shape index (κ2) is 7.04. The lowest BCUT2D eigenvalue weighted by molar-refractivity contribution is -0.133. The van der Waals surface area contributed by atoms with Gasteiger partial charge in [-0.3, -0.25) is 9.78 Å². The maximum absolute atomic E-state index is 12.4. The highest BCUT2D eigenvalue weighted by Crippen LogP contribution is 2.12. The van der Waals surface area contributed by atoms with Crippen LogP contribution in [0.15, 0.2) is 40.9 Å². The quantitative estimate of drug-likeness (QED) is 0.816. The molecule has 0 spiro atoms. The van der Waals surface area contributed by atoms with Crippen molar-refractivity contribution in [2.45, 2.75) is 20.0 Å². The molecule has 0 aromatic carbocycles. The molecule has 21 heavy (non-hydrogen) atoms. The van der Waals surface area contributed by atoms with Crippen LogP contribution >= 0.6 is 0 Å². The first-order valence-corrected chi connectivity index (χ1v) is 6.92. The highest BCUT2D eigenvalue weighted by molar-refractivity contribution is 5.78. The smallest absolute Gasteiger partial charge is 0.237 e. The number of hydrogen-bond donors (Lipinski definition) is 0. The molecule has 2 aromatic rings. The Labute approximate surface area is 125 Å². The van der Waals surface area contributed by atoms with Gasteiger partial charge in [0, 0.05) is 6.20 Å². The highest BCUT2D eigenvalue weighted by Gasteiger charge is 2.17.